The van der Waals surface area contributed by atoms with Crippen LogP contribution < -0.4 is 5.73 Å². The third kappa shape index (κ3) is 3.17. The first-order valence-electron chi connectivity index (χ1n) is 5.84. The fraction of sp³-hybridized carbons (Fsp3) is 0.909. The molecule has 1 rings (SSSR count). The Morgan fingerprint density at radius 2 is 1.88 bits per heavy atom. The molecule has 1 heterocycles. The smallest absolute Gasteiger partial charge is 0.229 e. The van der Waals surface area contributed by atoms with Crippen LogP contribution in [0.15, 0.2) is 0 Å². The third-order valence-corrected chi connectivity index (χ3v) is 3.16. The number of carbonyl (C=O) groups is 1. The van der Waals surface area contributed by atoms with E-state index in [9.17, 15) is 4.79 Å². The minimum Gasteiger partial charge on any atom is -0.395 e. The van der Waals surface area contributed by atoms with Gasteiger partial charge in [0.2, 0.25) is 5.91 Å². The largest absolute Gasteiger partial charge is 0.395 e. The van der Waals surface area contributed by atoms with Gasteiger partial charge in [-0.2, -0.15) is 0 Å². The van der Waals surface area contributed by atoms with Gasteiger partial charge < -0.3 is 15.7 Å². The second-order valence-corrected chi connectivity index (χ2v) is 4.95. The Bertz CT molecular complexity index is 235. The lowest BCUT2D eigenvalue weighted by molar-refractivity contribution is -0.141. The molecular weight excluding hydrogens is 206 g/mol. The van der Waals surface area contributed by atoms with Gasteiger partial charge >= 0.3 is 0 Å². The van der Waals surface area contributed by atoms with Crippen LogP contribution in [0, 0.1) is 5.41 Å². The Hall–Kier alpha value is -0.650. The van der Waals surface area contributed by atoms with Gasteiger partial charge in [0.05, 0.1) is 12.0 Å². The molecule has 0 aliphatic carbocycles. The van der Waals surface area contributed by atoms with Gasteiger partial charge in [-0.3, -0.25) is 9.69 Å². The first-order chi connectivity index (χ1) is 7.51. The van der Waals surface area contributed by atoms with Gasteiger partial charge in [0, 0.05) is 39.3 Å². The van der Waals surface area contributed by atoms with E-state index in [1.54, 1.807) is 0 Å². The summed E-state index contributed by atoms with van der Waals surface area (Å²) in [5, 5.41) is 8.82. The number of piperazine rings is 1. The van der Waals surface area contributed by atoms with Crippen LogP contribution in [0.2, 0.25) is 0 Å². The maximum absolute atomic E-state index is 12.1. The van der Waals surface area contributed by atoms with Crippen LogP contribution >= 0.6 is 0 Å². The van der Waals surface area contributed by atoms with Crippen molar-refractivity contribution < 1.29 is 9.90 Å². The molecule has 1 amide bonds. The molecule has 0 aromatic rings. The minimum absolute atomic E-state index is 0.138. The van der Waals surface area contributed by atoms with E-state index in [0.29, 0.717) is 13.1 Å². The summed E-state index contributed by atoms with van der Waals surface area (Å²) in [6.07, 6.45) is 0. The zero-order valence-corrected chi connectivity index (χ0v) is 10.3. The van der Waals surface area contributed by atoms with Crippen LogP contribution in [-0.2, 0) is 4.79 Å². The molecule has 0 aromatic carbocycles. The highest BCUT2D eigenvalue weighted by molar-refractivity contribution is 5.82. The van der Waals surface area contributed by atoms with E-state index in [0.717, 1.165) is 26.2 Å². The monoisotopic (exact) mass is 229 g/mol. The second-order valence-electron chi connectivity index (χ2n) is 4.95. The van der Waals surface area contributed by atoms with Gasteiger partial charge in [0.25, 0.3) is 0 Å². The predicted octanol–water partition coefficient (Wildman–Crippen LogP) is -0.892. The van der Waals surface area contributed by atoms with Gasteiger partial charge in [-0.25, -0.2) is 0 Å². The molecule has 0 aromatic heterocycles. The zero-order valence-electron chi connectivity index (χ0n) is 10.3. The highest BCUT2D eigenvalue weighted by Gasteiger charge is 2.32. The number of amides is 1. The molecular formula is C11H23N3O2. The summed E-state index contributed by atoms with van der Waals surface area (Å²) in [7, 11) is 0. The fourth-order valence-electron chi connectivity index (χ4n) is 1.83. The van der Waals surface area contributed by atoms with E-state index >= 15 is 0 Å². The van der Waals surface area contributed by atoms with Crippen LogP contribution in [0.4, 0.5) is 0 Å². The molecule has 0 atom stereocenters. The lowest BCUT2D eigenvalue weighted by Gasteiger charge is -2.38. The maximum Gasteiger partial charge on any atom is 0.229 e. The van der Waals surface area contributed by atoms with Crippen molar-refractivity contribution in [2.24, 2.45) is 11.1 Å². The summed E-state index contributed by atoms with van der Waals surface area (Å²) >= 11 is 0. The number of carbonyl (C=O) groups excluding carboxylic acids is 1. The Morgan fingerprint density at radius 3 is 2.31 bits per heavy atom. The molecule has 1 fully saturated rings. The normalized spacial score (nSPS) is 18.9. The van der Waals surface area contributed by atoms with Gasteiger partial charge in [-0.1, -0.05) is 0 Å². The summed E-state index contributed by atoms with van der Waals surface area (Å²) in [6.45, 7) is 8.18. The molecule has 16 heavy (non-hydrogen) atoms. The second kappa shape index (κ2) is 5.61. The Morgan fingerprint density at radius 1 is 1.31 bits per heavy atom. The number of hydrogen-bond acceptors (Lipinski definition) is 4. The number of rotatable bonds is 4. The van der Waals surface area contributed by atoms with Crippen molar-refractivity contribution in [1.82, 2.24) is 9.80 Å². The minimum atomic E-state index is -0.459. The van der Waals surface area contributed by atoms with E-state index in [1.165, 1.54) is 0 Å². The van der Waals surface area contributed by atoms with Crippen molar-refractivity contribution in [2.45, 2.75) is 13.8 Å². The van der Waals surface area contributed by atoms with Crippen LogP contribution in [0.3, 0.4) is 0 Å². The number of aliphatic hydroxyl groups is 1. The summed E-state index contributed by atoms with van der Waals surface area (Å²) in [5.74, 6) is 0.138. The standard InChI is InChI=1S/C11H23N3O2/c1-11(2,9-12)10(16)14-5-3-13(4-6-14)7-8-15/h15H,3-9,12H2,1-2H3. The predicted molar refractivity (Wildman–Crippen MR) is 62.9 cm³/mol. The first kappa shape index (κ1) is 13.4. The first-order valence-corrected chi connectivity index (χ1v) is 5.84. The molecule has 0 radical (unpaired) electrons. The summed E-state index contributed by atoms with van der Waals surface area (Å²) in [6, 6.07) is 0. The number of β-amino-alcohol motifs (C(OH)–C–C–N with tert-alkyl or cyclic N) is 1. The third-order valence-electron chi connectivity index (χ3n) is 3.16. The van der Waals surface area contributed by atoms with Crippen molar-refractivity contribution in [3.8, 4) is 0 Å². The van der Waals surface area contributed by atoms with Crippen molar-refractivity contribution in [3.05, 3.63) is 0 Å². The highest BCUT2D eigenvalue weighted by atomic mass is 16.3. The van der Waals surface area contributed by atoms with Gasteiger partial charge in [-0.15, -0.1) is 0 Å². The quantitative estimate of drug-likeness (QED) is 0.656. The number of nitrogens with two attached hydrogens (primary N) is 1. The molecule has 0 unspecified atom stereocenters. The van der Waals surface area contributed by atoms with Gasteiger partial charge in [0.1, 0.15) is 0 Å². The maximum atomic E-state index is 12.1. The van der Waals surface area contributed by atoms with E-state index < -0.39 is 5.41 Å². The van der Waals surface area contributed by atoms with Crippen molar-refractivity contribution in [1.29, 1.82) is 0 Å². The number of nitrogens with zero attached hydrogens (tertiary/aromatic N) is 2. The van der Waals surface area contributed by atoms with E-state index in [4.69, 9.17) is 10.8 Å². The molecule has 5 nitrogen and oxygen atoms in total. The zero-order chi connectivity index (χ0) is 12.2. The number of hydrogen-bond donors (Lipinski definition) is 2. The molecule has 94 valence electrons. The van der Waals surface area contributed by atoms with Crippen molar-refractivity contribution in [3.63, 3.8) is 0 Å². The molecule has 1 saturated heterocycles. The number of aliphatic hydroxyl groups excluding tert-OH is 1. The van der Waals surface area contributed by atoms with Crippen LogP contribution in [0.1, 0.15) is 13.8 Å². The van der Waals surface area contributed by atoms with Crippen LogP contribution in [0.5, 0.6) is 0 Å². The van der Waals surface area contributed by atoms with Crippen molar-refractivity contribution in [2.75, 3.05) is 45.9 Å². The fourth-order valence-corrected chi connectivity index (χ4v) is 1.83. The molecule has 0 saturated carbocycles. The van der Waals surface area contributed by atoms with E-state index in [2.05, 4.69) is 4.90 Å². The lowest BCUT2D eigenvalue weighted by atomic mass is 9.91. The summed E-state index contributed by atoms with van der Waals surface area (Å²) in [5.41, 5.74) is 5.14. The SMILES string of the molecule is CC(C)(CN)C(=O)N1CCN(CCO)CC1. The topological polar surface area (TPSA) is 69.8 Å². The molecule has 0 bridgehead atoms. The Balaban J connectivity index is 2.45. The van der Waals surface area contributed by atoms with Crippen molar-refractivity contribution >= 4 is 5.91 Å². The Kier molecular flexibility index (Phi) is 4.70. The van der Waals surface area contributed by atoms with Crippen LogP contribution in [-0.4, -0.2) is 66.7 Å². The highest BCUT2D eigenvalue weighted by Crippen LogP contribution is 2.18. The van der Waals surface area contributed by atoms with E-state index in [-0.39, 0.29) is 12.5 Å². The Labute approximate surface area is 97.2 Å². The van der Waals surface area contributed by atoms with Crippen LogP contribution in [0.25, 0.3) is 0 Å². The van der Waals surface area contributed by atoms with E-state index in [1.807, 2.05) is 18.7 Å². The van der Waals surface area contributed by atoms with Gasteiger partial charge in [-0.05, 0) is 13.8 Å². The average molecular weight is 229 g/mol. The molecule has 1 aliphatic heterocycles. The average Bonchev–Trinajstić information content (AvgIpc) is 2.29. The summed E-state index contributed by atoms with van der Waals surface area (Å²) in [4.78, 5) is 16.1. The lowest BCUT2D eigenvalue weighted by Crippen LogP contribution is -2.53. The molecule has 0 spiro atoms. The van der Waals surface area contributed by atoms with Gasteiger partial charge in [0.15, 0.2) is 0 Å². The molecule has 5 heteroatoms. The molecule has 1 aliphatic rings. The summed E-state index contributed by atoms with van der Waals surface area (Å²) < 4.78 is 0. The molecule has 3 N–H and O–H groups in total.